The van der Waals surface area contributed by atoms with Crippen LogP contribution in [0.5, 0.6) is 0 Å². The molecule has 1 aromatic rings. The summed E-state index contributed by atoms with van der Waals surface area (Å²) in [6.07, 6.45) is 0.981. The highest BCUT2D eigenvalue weighted by atomic mass is 35.5. The van der Waals surface area contributed by atoms with Gasteiger partial charge in [0.05, 0.1) is 5.54 Å². The molecule has 19 heavy (non-hydrogen) atoms. The van der Waals surface area contributed by atoms with E-state index in [1.54, 1.807) is 0 Å². The smallest absolute Gasteiger partial charge is 0.251 e. The fourth-order valence-electron chi connectivity index (χ4n) is 1.65. The van der Waals surface area contributed by atoms with E-state index in [4.69, 9.17) is 5.73 Å². The van der Waals surface area contributed by atoms with E-state index in [0.29, 0.717) is 18.0 Å². The molecular formula is C15H25ClN2O. The number of benzene rings is 1. The molecular weight excluding hydrogens is 260 g/mol. The standard InChI is InChI=1S/C15H24N2O.ClH/c1-5-12-6-8-13(9-7-12)14(18)17-15(4,10-16)11(2)3;/h6-9,11H,5,10,16H2,1-4H3,(H,17,18);1H. The quantitative estimate of drug-likeness (QED) is 0.873. The SMILES string of the molecule is CCc1ccc(C(=O)NC(C)(CN)C(C)C)cc1.Cl. The van der Waals surface area contributed by atoms with E-state index in [1.165, 1.54) is 5.56 Å². The summed E-state index contributed by atoms with van der Waals surface area (Å²) in [5.41, 5.74) is 7.33. The van der Waals surface area contributed by atoms with Crippen LogP contribution in [0.25, 0.3) is 0 Å². The monoisotopic (exact) mass is 284 g/mol. The third-order valence-corrected chi connectivity index (χ3v) is 3.72. The lowest BCUT2D eigenvalue weighted by molar-refractivity contribution is 0.0883. The molecule has 0 saturated heterocycles. The van der Waals surface area contributed by atoms with Crippen LogP contribution in [0.2, 0.25) is 0 Å². The van der Waals surface area contributed by atoms with Crippen molar-refractivity contribution in [1.82, 2.24) is 5.32 Å². The summed E-state index contributed by atoms with van der Waals surface area (Å²) in [6, 6.07) is 7.71. The average molecular weight is 285 g/mol. The lowest BCUT2D eigenvalue weighted by Gasteiger charge is -2.33. The van der Waals surface area contributed by atoms with Crippen LogP contribution in [0, 0.1) is 5.92 Å². The summed E-state index contributed by atoms with van der Waals surface area (Å²) in [6.45, 7) is 8.64. The number of hydrogen-bond donors (Lipinski definition) is 2. The summed E-state index contributed by atoms with van der Waals surface area (Å²) in [5, 5.41) is 3.03. The van der Waals surface area contributed by atoms with Gasteiger partial charge < -0.3 is 11.1 Å². The highest BCUT2D eigenvalue weighted by molar-refractivity contribution is 5.94. The summed E-state index contributed by atoms with van der Waals surface area (Å²) in [7, 11) is 0. The first-order chi connectivity index (χ1) is 8.42. The van der Waals surface area contributed by atoms with Gasteiger partial charge in [-0.3, -0.25) is 4.79 Å². The molecule has 0 aliphatic rings. The van der Waals surface area contributed by atoms with Gasteiger partial charge in [0.1, 0.15) is 0 Å². The van der Waals surface area contributed by atoms with Gasteiger partial charge >= 0.3 is 0 Å². The van der Waals surface area contributed by atoms with E-state index in [-0.39, 0.29) is 23.9 Å². The van der Waals surface area contributed by atoms with Gasteiger partial charge in [-0.1, -0.05) is 32.9 Å². The highest BCUT2D eigenvalue weighted by Crippen LogP contribution is 2.16. The van der Waals surface area contributed by atoms with Gasteiger partial charge in [-0.2, -0.15) is 0 Å². The summed E-state index contributed by atoms with van der Waals surface area (Å²) < 4.78 is 0. The zero-order valence-corrected chi connectivity index (χ0v) is 13.0. The zero-order valence-electron chi connectivity index (χ0n) is 12.2. The molecule has 1 amide bonds. The van der Waals surface area contributed by atoms with Crippen molar-refractivity contribution in [1.29, 1.82) is 0 Å². The first kappa shape index (κ1) is 17.9. The maximum absolute atomic E-state index is 12.2. The predicted molar refractivity (Wildman–Crippen MR) is 82.8 cm³/mol. The van der Waals surface area contributed by atoms with E-state index in [0.717, 1.165) is 6.42 Å². The maximum atomic E-state index is 12.2. The Hall–Kier alpha value is -1.06. The van der Waals surface area contributed by atoms with E-state index in [2.05, 4.69) is 26.1 Å². The molecule has 1 unspecified atom stereocenters. The molecule has 4 heteroatoms. The lowest BCUT2D eigenvalue weighted by atomic mass is 9.88. The fourth-order valence-corrected chi connectivity index (χ4v) is 1.65. The zero-order chi connectivity index (χ0) is 13.8. The van der Waals surface area contributed by atoms with Crippen LogP contribution >= 0.6 is 12.4 Å². The van der Waals surface area contributed by atoms with Gasteiger partial charge in [0.2, 0.25) is 0 Å². The minimum Gasteiger partial charge on any atom is -0.345 e. The lowest BCUT2D eigenvalue weighted by Crippen LogP contribution is -2.55. The van der Waals surface area contributed by atoms with Crippen molar-refractivity contribution in [2.75, 3.05) is 6.54 Å². The van der Waals surface area contributed by atoms with Crippen LogP contribution in [-0.2, 0) is 6.42 Å². The molecule has 0 radical (unpaired) electrons. The van der Waals surface area contributed by atoms with Gasteiger partial charge in [-0.05, 0) is 37.0 Å². The van der Waals surface area contributed by atoms with Crippen LogP contribution in [0.1, 0.15) is 43.6 Å². The summed E-state index contributed by atoms with van der Waals surface area (Å²) in [5.74, 6) is 0.237. The van der Waals surface area contributed by atoms with Crippen LogP contribution in [0.4, 0.5) is 0 Å². The number of aryl methyl sites for hydroxylation is 1. The van der Waals surface area contributed by atoms with Crippen LogP contribution in [0.15, 0.2) is 24.3 Å². The highest BCUT2D eigenvalue weighted by Gasteiger charge is 2.28. The van der Waals surface area contributed by atoms with Crippen LogP contribution in [-0.4, -0.2) is 18.0 Å². The Kier molecular flexibility index (Phi) is 7.09. The molecule has 0 bridgehead atoms. The number of carbonyl (C=O) groups is 1. The second-order valence-corrected chi connectivity index (χ2v) is 5.28. The van der Waals surface area contributed by atoms with Crippen molar-refractivity contribution >= 4 is 18.3 Å². The van der Waals surface area contributed by atoms with E-state index in [9.17, 15) is 4.79 Å². The molecule has 3 N–H and O–H groups in total. The molecule has 0 fully saturated rings. The largest absolute Gasteiger partial charge is 0.345 e. The van der Waals surface area contributed by atoms with E-state index >= 15 is 0 Å². The van der Waals surface area contributed by atoms with Gasteiger partial charge in [-0.15, -0.1) is 12.4 Å². The third kappa shape index (κ3) is 4.51. The molecule has 0 aliphatic carbocycles. The Morgan fingerprint density at radius 1 is 1.32 bits per heavy atom. The van der Waals surface area contributed by atoms with Crippen molar-refractivity contribution in [3.05, 3.63) is 35.4 Å². The Morgan fingerprint density at radius 3 is 2.21 bits per heavy atom. The molecule has 3 nitrogen and oxygen atoms in total. The minimum atomic E-state index is -0.361. The molecule has 0 saturated carbocycles. The molecule has 1 rings (SSSR count). The molecule has 1 aromatic carbocycles. The topological polar surface area (TPSA) is 55.1 Å². The second-order valence-electron chi connectivity index (χ2n) is 5.28. The van der Waals surface area contributed by atoms with Crippen molar-refractivity contribution in [2.45, 2.75) is 39.7 Å². The fraction of sp³-hybridized carbons (Fsp3) is 0.533. The second kappa shape index (κ2) is 7.51. The van der Waals surface area contributed by atoms with Gasteiger partial charge in [-0.25, -0.2) is 0 Å². The number of carbonyl (C=O) groups excluding carboxylic acids is 1. The number of halogens is 1. The predicted octanol–water partition coefficient (Wildman–Crippen LogP) is 2.77. The van der Waals surface area contributed by atoms with E-state index < -0.39 is 0 Å². The third-order valence-electron chi connectivity index (χ3n) is 3.72. The minimum absolute atomic E-state index is 0. The van der Waals surface area contributed by atoms with Gasteiger partial charge in [0.15, 0.2) is 0 Å². The Labute approximate surface area is 122 Å². The number of nitrogens with two attached hydrogens (primary N) is 1. The maximum Gasteiger partial charge on any atom is 0.251 e. The van der Waals surface area contributed by atoms with Crippen LogP contribution < -0.4 is 11.1 Å². The number of nitrogens with one attached hydrogen (secondary N) is 1. The van der Waals surface area contributed by atoms with Crippen molar-refractivity contribution in [3.63, 3.8) is 0 Å². The number of hydrogen-bond acceptors (Lipinski definition) is 2. The van der Waals surface area contributed by atoms with Crippen molar-refractivity contribution < 1.29 is 4.79 Å². The summed E-state index contributed by atoms with van der Waals surface area (Å²) in [4.78, 5) is 12.2. The van der Waals surface area contributed by atoms with Crippen LogP contribution in [0.3, 0.4) is 0 Å². The number of rotatable bonds is 5. The average Bonchev–Trinajstić information content (AvgIpc) is 2.38. The summed E-state index contributed by atoms with van der Waals surface area (Å²) >= 11 is 0. The molecule has 0 aromatic heterocycles. The van der Waals surface area contributed by atoms with Crippen molar-refractivity contribution in [2.24, 2.45) is 11.7 Å². The first-order valence-electron chi connectivity index (χ1n) is 6.54. The van der Waals surface area contributed by atoms with Crippen molar-refractivity contribution in [3.8, 4) is 0 Å². The molecule has 108 valence electrons. The molecule has 0 spiro atoms. The Balaban J connectivity index is 0.00000324. The molecule has 0 aliphatic heterocycles. The molecule has 1 atom stereocenters. The Bertz CT molecular complexity index is 403. The number of amides is 1. The Morgan fingerprint density at radius 2 is 1.84 bits per heavy atom. The van der Waals surface area contributed by atoms with E-state index in [1.807, 2.05) is 31.2 Å². The normalized spacial score (nSPS) is 13.6. The first-order valence-corrected chi connectivity index (χ1v) is 6.54. The molecule has 0 heterocycles. The van der Waals surface area contributed by atoms with Gasteiger partial charge in [0.25, 0.3) is 5.91 Å². The van der Waals surface area contributed by atoms with Gasteiger partial charge in [0, 0.05) is 12.1 Å².